The van der Waals surface area contributed by atoms with Gasteiger partial charge in [-0.05, 0) is 47.9 Å². The lowest BCUT2D eigenvalue weighted by molar-refractivity contribution is 1.04. The van der Waals surface area contributed by atoms with Crippen LogP contribution in [0.4, 0.5) is 5.69 Å². The van der Waals surface area contributed by atoms with Gasteiger partial charge in [0.05, 0.1) is 13.4 Å². The minimum atomic E-state index is -0.575. The number of fused-ring (bicyclic) bond motifs is 1. The fraction of sp³-hybridized carbons (Fsp3) is 0.200. The lowest BCUT2D eigenvalue weighted by Crippen LogP contribution is -1.98. The molecule has 0 radical (unpaired) electrons. The van der Waals surface area contributed by atoms with Crippen LogP contribution in [0.2, 0.25) is 0 Å². The highest BCUT2D eigenvalue weighted by atomic mass is 15.3. The molecule has 104 valence electrons. The Hall–Kier alpha value is -2.28. The van der Waals surface area contributed by atoms with Gasteiger partial charge in [-0.3, -0.25) is 0 Å². The van der Waals surface area contributed by atoms with Gasteiger partial charge >= 0.3 is 0 Å². The third kappa shape index (κ3) is 2.01. The number of rotatable bonds is 2. The fourth-order valence-corrected chi connectivity index (χ4v) is 3.22. The van der Waals surface area contributed by atoms with Gasteiger partial charge in [-0.1, -0.05) is 54.6 Å². The molecule has 1 aliphatic rings. The molecule has 3 aromatic rings. The van der Waals surface area contributed by atoms with Crippen molar-refractivity contribution in [2.75, 3.05) is 4.90 Å². The summed E-state index contributed by atoms with van der Waals surface area (Å²) in [5.74, 6) is 0. The van der Waals surface area contributed by atoms with Gasteiger partial charge in [0, 0.05) is 5.69 Å². The average molecular weight is 274 g/mol. The van der Waals surface area contributed by atoms with Crippen LogP contribution in [0.1, 0.15) is 25.5 Å². The molecule has 2 atom stereocenters. The molecule has 0 aromatic heterocycles. The van der Waals surface area contributed by atoms with E-state index in [4.69, 9.17) is 1.37 Å². The highest BCUT2D eigenvalue weighted by Gasteiger charge is 2.45. The van der Waals surface area contributed by atoms with Crippen LogP contribution < -0.4 is 4.90 Å². The van der Waals surface area contributed by atoms with Gasteiger partial charge in [-0.15, -0.1) is 0 Å². The molecule has 0 saturated carbocycles. The van der Waals surface area contributed by atoms with Crippen molar-refractivity contribution in [2.45, 2.75) is 25.9 Å². The molecule has 1 saturated heterocycles. The van der Waals surface area contributed by atoms with Crippen LogP contribution in [0.15, 0.2) is 66.7 Å². The number of benzene rings is 3. The third-order valence-electron chi connectivity index (χ3n) is 4.43. The van der Waals surface area contributed by atoms with E-state index in [-0.39, 0.29) is 6.04 Å². The standard InChI is InChI=1S/C20H19N/c1-14-7-3-6-10-19(14)21-15(2)20(21)18-12-11-16-8-4-5-9-17(16)13-18/h3-13,15,20H,1-2H3/t15-,20-,21?/m0/s1/i15D. The molecule has 1 heteroatoms. The number of hydrogen-bond acceptors (Lipinski definition) is 1. The zero-order valence-electron chi connectivity index (χ0n) is 13.4. The minimum Gasteiger partial charge on any atom is -0.357 e. The summed E-state index contributed by atoms with van der Waals surface area (Å²) in [6.07, 6.45) is 0. The molecule has 1 heterocycles. The molecule has 3 aromatic carbocycles. The van der Waals surface area contributed by atoms with Crippen LogP contribution in [0, 0.1) is 6.92 Å². The second-order valence-corrected chi connectivity index (χ2v) is 5.81. The molecular formula is C20H19N. The summed E-state index contributed by atoms with van der Waals surface area (Å²) in [6, 6.07) is 22.8. The van der Waals surface area contributed by atoms with Gasteiger partial charge in [-0.2, -0.15) is 0 Å². The van der Waals surface area contributed by atoms with Crippen LogP contribution >= 0.6 is 0 Å². The van der Waals surface area contributed by atoms with Gasteiger partial charge in [0.15, 0.2) is 0 Å². The molecule has 4 rings (SSSR count). The summed E-state index contributed by atoms with van der Waals surface area (Å²) in [4.78, 5) is 2.20. The van der Waals surface area contributed by atoms with Gasteiger partial charge in [0.1, 0.15) is 0 Å². The normalized spacial score (nSPS) is 25.0. The van der Waals surface area contributed by atoms with E-state index in [9.17, 15) is 0 Å². The highest BCUT2D eigenvalue weighted by Crippen LogP contribution is 2.47. The van der Waals surface area contributed by atoms with E-state index >= 15 is 0 Å². The first-order valence-corrected chi connectivity index (χ1v) is 7.43. The predicted molar refractivity (Wildman–Crippen MR) is 89.8 cm³/mol. The summed E-state index contributed by atoms with van der Waals surface area (Å²) >= 11 is 0. The maximum absolute atomic E-state index is 8.67. The van der Waals surface area contributed by atoms with E-state index in [1.807, 2.05) is 13.0 Å². The summed E-state index contributed by atoms with van der Waals surface area (Å²) in [5.41, 5.74) is 3.61. The maximum atomic E-state index is 8.67. The van der Waals surface area contributed by atoms with E-state index in [0.717, 1.165) is 5.69 Å². The quantitative estimate of drug-likeness (QED) is 0.588. The first-order valence-electron chi connectivity index (χ1n) is 7.93. The second kappa shape index (κ2) is 4.63. The van der Waals surface area contributed by atoms with Crippen molar-refractivity contribution in [1.29, 1.82) is 0 Å². The van der Waals surface area contributed by atoms with Crippen molar-refractivity contribution in [3.05, 3.63) is 77.9 Å². The van der Waals surface area contributed by atoms with Gasteiger partial charge in [0.25, 0.3) is 0 Å². The Bertz CT molecular complexity index is 853. The molecule has 1 nitrogen and oxygen atoms in total. The Morgan fingerprint density at radius 1 is 0.905 bits per heavy atom. The Balaban J connectivity index is 1.77. The van der Waals surface area contributed by atoms with Crippen LogP contribution in [0.25, 0.3) is 10.8 Å². The van der Waals surface area contributed by atoms with Crippen LogP contribution in [0.5, 0.6) is 0 Å². The molecule has 0 aliphatic carbocycles. The highest BCUT2D eigenvalue weighted by molar-refractivity contribution is 5.83. The lowest BCUT2D eigenvalue weighted by atomic mass is 10.0. The smallest absolute Gasteiger partial charge is 0.0747 e. The average Bonchev–Trinajstić information content (AvgIpc) is 3.09. The topological polar surface area (TPSA) is 3.01 Å². The Labute approximate surface area is 127 Å². The van der Waals surface area contributed by atoms with Crippen LogP contribution in [-0.2, 0) is 0 Å². The Morgan fingerprint density at radius 2 is 1.62 bits per heavy atom. The summed E-state index contributed by atoms with van der Waals surface area (Å²) in [6.45, 7) is 4.11. The van der Waals surface area contributed by atoms with Crippen molar-refractivity contribution < 1.29 is 1.37 Å². The summed E-state index contributed by atoms with van der Waals surface area (Å²) in [5, 5.41) is 2.49. The number of hydrogen-bond donors (Lipinski definition) is 0. The third-order valence-corrected chi connectivity index (χ3v) is 4.43. The maximum Gasteiger partial charge on any atom is 0.0747 e. The van der Waals surface area contributed by atoms with Crippen molar-refractivity contribution in [3.63, 3.8) is 0 Å². The van der Waals surface area contributed by atoms with Crippen molar-refractivity contribution in [2.24, 2.45) is 0 Å². The van der Waals surface area contributed by atoms with E-state index in [0.29, 0.717) is 0 Å². The van der Waals surface area contributed by atoms with E-state index in [1.54, 1.807) is 0 Å². The molecule has 0 unspecified atom stereocenters. The number of anilines is 1. The molecule has 0 spiro atoms. The SMILES string of the molecule is [2H][C@]1(C)[C@@H](c2ccc3ccccc3c2)N1c1ccccc1C. The zero-order valence-corrected chi connectivity index (χ0v) is 12.4. The number of nitrogens with zero attached hydrogens (tertiary/aromatic N) is 1. The van der Waals surface area contributed by atoms with Crippen molar-refractivity contribution in [1.82, 2.24) is 0 Å². The molecule has 21 heavy (non-hydrogen) atoms. The first kappa shape index (κ1) is 11.4. The summed E-state index contributed by atoms with van der Waals surface area (Å²) < 4.78 is 8.67. The zero-order chi connectivity index (χ0) is 15.3. The molecule has 1 aliphatic heterocycles. The first-order chi connectivity index (χ1) is 10.6. The van der Waals surface area contributed by atoms with E-state index in [1.165, 1.54) is 21.9 Å². The van der Waals surface area contributed by atoms with Crippen LogP contribution in [0.3, 0.4) is 0 Å². The molecule has 1 fully saturated rings. The Morgan fingerprint density at radius 3 is 2.43 bits per heavy atom. The van der Waals surface area contributed by atoms with E-state index in [2.05, 4.69) is 72.5 Å². The predicted octanol–water partition coefficient (Wildman–Crippen LogP) is 5.10. The van der Waals surface area contributed by atoms with Crippen LogP contribution in [-0.4, -0.2) is 6.02 Å². The van der Waals surface area contributed by atoms with E-state index < -0.39 is 6.02 Å². The monoisotopic (exact) mass is 274 g/mol. The molecule has 0 amide bonds. The molecule has 0 N–H and O–H groups in total. The lowest BCUT2D eigenvalue weighted by Gasteiger charge is -2.10. The van der Waals surface area contributed by atoms with Gasteiger partial charge in [-0.25, -0.2) is 0 Å². The molecular weight excluding hydrogens is 254 g/mol. The minimum absolute atomic E-state index is 0.123. The number of para-hydroxylation sites is 1. The Kier molecular flexibility index (Phi) is 2.51. The molecule has 0 bridgehead atoms. The van der Waals surface area contributed by atoms with Crippen molar-refractivity contribution >= 4 is 16.5 Å². The van der Waals surface area contributed by atoms with Gasteiger partial charge in [0.2, 0.25) is 0 Å². The summed E-state index contributed by atoms with van der Waals surface area (Å²) in [7, 11) is 0. The van der Waals surface area contributed by atoms with Gasteiger partial charge < -0.3 is 4.90 Å². The second-order valence-electron chi connectivity index (χ2n) is 5.81. The van der Waals surface area contributed by atoms with Crippen molar-refractivity contribution in [3.8, 4) is 0 Å². The largest absolute Gasteiger partial charge is 0.357 e. The number of aryl methyl sites for hydroxylation is 1. The fourth-order valence-electron chi connectivity index (χ4n) is 3.22.